The van der Waals surface area contributed by atoms with E-state index in [1.54, 1.807) is 12.1 Å². The first-order valence-corrected chi connectivity index (χ1v) is 7.47. The van der Waals surface area contributed by atoms with Gasteiger partial charge in [-0.1, -0.05) is 18.2 Å². The van der Waals surface area contributed by atoms with Crippen LogP contribution < -0.4 is 0 Å². The minimum atomic E-state index is -3.41. The average Bonchev–Trinajstić information content (AvgIpc) is 2.28. The first-order chi connectivity index (χ1) is 8.33. The maximum atomic E-state index is 12.6. The van der Waals surface area contributed by atoms with Gasteiger partial charge in [0.15, 0.2) is 0 Å². The molecule has 1 aromatic rings. The molecule has 0 aliphatic carbocycles. The summed E-state index contributed by atoms with van der Waals surface area (Å²) in [5.74, 6) is 0. The summed E-state index contributed by atoms with van der Waals surface area (Å²) in [5, 5.41) is 0. The molecule has 5 heteroatoms. The second kappa shape index (κ2) is 4.64. The van der Waals surface area contributed by atoms with E-state index in [4.69, 9.17) is 4.74 Å². The van der Waals surface area contributed by atoms with E-state index in [0.717, 1.165) is 5.56 Å². The molecule has 1 aromatic carbocycles. The Balaban J connectivity index is 2.35. The fraction of sp³-hybridized carbons (Fsp3) is 0.538. The van der Waals surface area contributed by atoms with Crippen LogP contribution in [0.4, 0.5) is 0 Å². The van der Waals surface area contributed by atoms with Gasteiger partial charge in [0.25, 0.3) is 0 Å². The van der Waals surface area contributed by atoms with Crippen molar-refractivity contribution >= 4 is 10.0 Å². The Labute approximate surface area is 109 Å². The van der Waals surface area contributed by atoms with Crippen molar-refractivity contribution in [3.05, 3.63) is 29.8 Å². The molecular weight excluding hydrogens is 250 g/mol. The highest BCUT2D eigenvalue weighted by molar-refractivity contribution is 7.89. The van der Waals surface area contributed by atoms with Crippen LogP contribution >= 0.6 is 0 Å². The second-order valence-corrected chi connectivity index (χ2v) is 7.12. The van der Waals surface area contributed by atoms with Gasteiger partial charge in [-0.05, 0) is 32.4 Å². The van der Waals surface area contributed by atoms with Gasteiger partial charge in [0.2, 0.25) is 10.0 Å². The predicted molar refractivity (Wildman–Crippen MR) is 70.0 cm³/mol. The van der Waals surface area contributed by atoms with E-state index in [1.165, 1.54) is 4.31 Å². The zero-order chi connectivity index (χ0) is 13.4. The summed E-state index contributed by atoms with van der Waals surface area (Å²) in [7, 11) is -3.41. The second-order valence-electron chi connectivity index (χ2n) is 5.21. The highest BCUT2D eigenvalue weighted by Gasteiger charge is 2.35. The molecule has 1 aliphatic heterocycles. The summed E-state index contributed by atoms with van der Waals surface area (Å²) >= 11 is 0. The van der Waals surface area contributed by atoms with Crippen molar-refractivity contribution in [2.45, 2.75) is 31.3 Å². The van der Waals surface area contributed by atoms with Gasteiger partial charge in [0, 0.05) is 13.1 Å². The van der Waals surface area contributed by atoms with Gasteiger partial charge in [-0.15, -0.1) is 0 Å². The van der Waals surface area contributed by atoms with Crippen LogP contribution in [0, 0.1) is 6.92 Å². The molecule has 0 bridgehead atoms. The maximum absolute atomic E-state index is 12.6. The molecule has 1 saturated heterocycles. The zero-order valence-electron chi connectivity index (χ0n) is 11.0. The lowest BCUT2D eigenvalue weighted by Gasteiger charge is -2.37. The van der Waals surface area contributed by atoms with Crippen molar-refractivity contribution in [1.29, 1.82) is 0 Å². The van der Waals surface area contributed by atoms with Gasteiger partial charge in [0.1, 0.15) is 0 Å². The third kappa shape index (κ3) is 2.58. The van der Waals surface area contributed by atoms with Crippen LogP contribution in [0.1, 0.15) is 19.4 Å². The molecular formula is C13H19NO3S. The average molecular weight is 269 g/mol. The number of benzene rings is 1. The molecule has 0 amide bonds. The number of ether oxygens (including phenoxy) is 1. The monoisotopic (exact) mass is 269 g/mol. The Morgan fingerprint density at radius 2 is 1.94 bits per heavy atom. The van der Waals surface area contributed by atoms with Crippen LogP contribution in [0.25, 0.3) is 0 Å². The molecule has 1 fully saturated rings. The van der Waals surface area contributed by atoms with Crippen molar-refractivity contribution in [3.8, 4) is 0 Å². The number of nitrogens with zero attached hydrogens (tertiary/aromatic N) is 1. The molecule has 4 nitrogen and oxygen atoms in total. The highest BCUT2D eigenvalue weighted by atomic mass is 32.2. The minimum absolute atomic E-state index is 0.391. The molecule has 18 heavy (non-hydrogen) atoms. The molecule has 0 radical (unpaired) electrons. The van der Waals surface area contributed by atoms with E-state index >= 15 is 0 Å². The number of rotatable bonds is 2. The number of hydrogen-bond donors (Lipinski definition) is 0. The Morgan fingerprint density at radius 3 is 2.56 bits per heavy atom. The van der Waals surface area contributed by atoms with Gasteiger partial charge >= 0.3 is 0 Å². The zero-order valence-corrected chi connectivity index (χ0v) is 11.8. The number of sulfonamides is 1. The molecule has 0 spiro atoms. The molecule has 0 aromatic heterocycles. The Hall–Kier alpha value is -0.910. The lowest BCUT2D eigenvalue weighted by molar-refractivity contribution is -0.0640. The minimum Gasteiger partial charge on any atom is -0.373 e. The summed E-state index contributed by atoms with van der Waals surface area (Å²) in [6.45, 7) is 6.89. The summed E-state index contributed by atoms with van der Waals surface area (Å²) in [6, 6.07) is 7.08. The normalized spacial score (nSPS) is 20.8. The van der Waals surface area contributed by atoms with Gasteiger partial charge in [0.05, 0.1) is 17.1 Å². The number of morpholine rings is 1. The molecule has 0 saturated carbocycles. The van der Waals surface area contributed by atoms with Crippen LogP contribution in [0.3, 0.4) is 0 Å². The molecule has 2 rings (SSSR count). The topological polar surface area (TPSA) is 46.6 Å². The van der Waals surface area contributed by atoms with E-state index in [1.807, 2.05) is 32.9 Å². The Bertz CT molecular complexity index is 537. The fourth-order valence-corrected chi connectivity index (χ4v) is 3.96. The Kier molecular flexibility index (Phi) is 3.49. The highest BCUT2D eigenvalue weighted by Crippen LogP contribution is 2.25. The smallest absolute Gasteiger partial charge is 0.243 e. The van der Waals surface area contributed by atoms with Gasteiger partial charge in [-0.3, -0.25) is 0 Å². The van der Waals surface area contributed by atoms with E-state index in [9.17, 15) is 8.42 Å². The van der Waals surface area contributed by atoms with Crippen LogP contribution in [-0.4, -0.2) is 38.0 Å². The summed E-state index contributed by atoms with van der Waals surface area (Å²) < 4.78 is 32.2. The predicted octanol–water partition coefficient (Wildman–Crippen LogP) is 1.79. The van der Waals surface area contributed by atoms with Crippen LogP contribution in [0.15, 0.2) is 29.2 Å². The van der Waals surface area contributed by atoms with Crippen LogP contribution in [0.2, 0.25) is 0 Å². The number of hydrogen-bond acceptors (Lipinski definition) is 3. The van der Waals surface area contributed by atoms with E-state index in [0.29, 0.717) is 24.6 Å². The quantitative estimate of drug-likeness (QED) is 0.822. The SMILES string of the molecule is Cc1ccccc1S(=O)(=O)N1CCOC(C)(C)C1. The third-order valence-electron chi connectivity index (χ3n) is 3.10. The van der Waals surface area contributed by atoms with Crippen molar-refractivity contribution < 1.29 is 13.2 Å². The lowest BCUT2D eigenvalue weighted by atomic mass is 10.1. The van der Waals surface area contributed by atoms with Gasteiger partial charge < -0.3 is 4.74 Å². The van der Waals surface area contributed by atoms with Crippen molar-refractivity contribution in [3.63, 3.8) is 0 Å². The third-order valence-corrected chi connectivity index (χ3v) is 5.11. The van der Waals surface area contributed by atoms with Crippen molar-refractivity contribution in [1.82, 2.24) is 4.31 Å². The summed E-state index contributed by atoms with van der Waals surface area (Å²) in [5.41, 5.74) is 0.357. The van der Waals surface area contributed by atoms with E-state index < -0.39 is 15.6 Å². The molecule has 0 unspecified atom stereocenters. The van der Waals surface area contributed by atoms with Gasteiger partial charge in [-0.2, -0.15) is 4.31 Å². The van der Waals surface area contributed by atoms with Crippen molar-refractivity contribution in [2.75, 3.05) is 19.7 Å². The first-order valence-electron chi connectivity index (χ1n) is 6.03. The molecule has 100 valence electrons. The number of aryl methyl sites for hydroxylation is 1. The maximum Gasteiger partial charge on any atom is 0.243 e. The fourth-order valence-electron chi connectivity index (χ4n) is 2.16. The summed E-state index contributed by atoms with van der Waals surface area (Å²) in [6.07, 6.45) is 0. The standard InChI is InChI=1S/C13H19NO3S/c1-11-6-4-5-7-12(11)18(15,16)14-8-9-17-13(2,3)10-14/h4-7H,8-10H2,1-3H3. The van der Waals surface area contributed by atoms with E-state index in [2.05, 4.69) is 0 Å². The summed E-state index contributed by atoms with van der Waals surface area (Å²) in [4.78, 5) is 0.391. The molecule has 1 heterocycles. The molecule has 1 aliphatic rings. The Morgan fingerprint density at radius 1 is 1.28 bits per heavy atom. The van der Waals surface area contributed by atoms with Crippen molar-refractivity contribution in [2.24, 2.45) is 0 Å². The molecule has 0 N–H and O–H groups in total. The first kappa shape index (κ1) is 13.5. The largest absolute Gasteiger partial charge is 0.373 e. The van der Waals surface area contributed by atoms with Crippen LogP contribution in [-0.2, 0) is 14.8 Å². The van der Waals surface area contributed by atoms with Gasteiger partial charge in [-0.25, -0.2) is 8.42 Å². The van der Waals surface area contributed by atoms with E-state index in [-0.39, 0.29) is 0 Å². The lowest BCUT2D eigenvalue weighted by Crippen LogP contribution is -2.50. The van der Waals surface area contributed by atoms with Crippen LogP contribution in [0.5, 0.6) is 0 Å². The molecule has 0 atom stereocenters.